The maximum Gasteiger partial charge on any atom is 0.244 e. The minimum Gasteiger partial charge on any atom is -0.339 e. The molecule has 7 heteroatoms. The first-order chi connectivity index (χ1) is 16.5. The van der Waals surface area contributed by atoms with Gasteiger partial charge in [0.15, 0.2) is 5.65 Å². The number of aryl methyl sites for hydroxylation is 2. The summed E-state index contributed by atoms with van der Waals surface area (Å²) in [5.41, 5.74) is 6.39. The molecule has 174 valence electrons. The quantitative estimate of drug-likeness (QED) is 0.380. The summed E-state index contributed by atoms with van der Waals surface area (Å²) in [6, 6.07) is 18.9. The Morgan fingerprint density at radius 3 is 2.50 bits per heavy atom. The van der Waals surface area contributed by atoms with E-state index in [-0.39, 0.29) is 12.5 Å². The number of piperazine rings is 1. The number of aromatic nitrogens is 3. The van der Waals surface area contributed by atoms with Crippen molar-refractivity contribution in [2.24, 2.45) is 0 Å². The first-order valence-electron chi connectivity index (χ1n) is 11.6. The maximum atomic E-state index is 13.1. The number of pyridine rings is 1. The Kier molecular flexibility index (Phi) is 6.48. The summed E-state index contributed by atoms with van der Waals surface area (Å²) in [5, 5.41) is 5.71. The average molecular weight is 518 g/mol. The Morgan fingerprint density at radius 2 is 1.76 bits per heavy atom. The first kappa shape index (κ1) is 22.7. The number of fused-ring (bicyclic) bond motifs is 1. The van der Waals surface area contributed by atoms with Gasteiger partial charge in [0.25, 0.3) is 0 Å². The van der Waals surface area contributed by atoms with Gasteiger partial charge >= 0.3 is 0 Å². The van der Waals surface area contributed by atoms with E-state index in [9.17, 15) is 4.79 Å². The van der Waals surface area contributed by atoms with Crippen LogP contribution in [0.1, 0.15) is 16.8 Å². The van der Waals surface area contributed by atoms with E-state index in [1.165, 1.54) is 11.1 Å². The zero-order valence-corrected chi connectivity index (χ0v) is 21.1. The van der Waals surface area contributed by atoms with Gasteiger partial charge in [0.1, 0.15) is 6.54 Å². The normalized spacial score (nSPS) is 14.6. The molecule has 0 atom stereocenters. The Hall–Kier alpha value is -3.03. The Labute approximate surface area is 208 Å². The molecule has 6 nitrogen and oxygen atoms in total. The summed E-state index contributed by atoms with van der Waals surface area (Å²) in [5.74, 6) is 0.0917. The zero-order valence-electron chi connectivity index (χ0n) is 19.5. The Morgan fingerprint density at radius 1 is 1.00 bits per heavy atom. The molecule has 0 saturated carbocycles. The van der Waals surface area contributed by atoms with Crippen molar-refractivity contribution in [1.29, 1.82) is 0 Å². The van der Waals surface area contributed by atoms with Crippen LogP contribution in [0.2, 0.25) is 0 Å². The molecule has 1 fully saturated rings. The minimum atomic E-state index is 0.0917. The summed E-state index contributed by atoms with van der Waals surface area (Å²) in [6.45, 7) is 8.38. The molecule has 1 aliphatic heterocycles. The molecule has 34 heavy (non-hydrogen) atoms. The van der Waals surface area contributed by atoms with Gasteiger partial charge in [-0.3, -0.25) is 9.69 Å². The lowest BCUT2D eigenvalue weighted by molar-refractivity contribution is -0.133. The zero-order chi connectivity index (χ0) is 23.7. The lowest BCUT2D eigenvalue weighted by Gasteiger charge is -2.34. The van der Waals surface area contributed by atoms with Crippen molar-refractivity contribution in [3.8, 4) is 11.1 Å². The van der Waals surface area contributed by atoms with Crippen molar-refractivity contribution in [3.05, 3.63) is 82.1 Å². The van der Waals surface area contributed by atoms with Crippen LogP contribution in [0.15, 0.2) is 65.3 Å². The fourth-order valence-corrected chi connectivity index (χ4v) is 5.09. The lowest BCUT2D eigenvalue weighted by atomic mass is 10.0. The van der Waals surface area contributed by atoms with Crippen molar-refractivity contribution in [1.82, 2.24) is 24.6 Å². The Balaban J connectivity index is 1.28. The molecule has 1 saturated heterocycles. The third-order valence-electron chi connectivity index (χ3n) is 6.48. The van der Waals surface area contributed by atoms with E-state index in [2.05, 4.69) is 75.2 Å². The second-order valence-electron chi connectivity index (χ2n) is 8.95. The van der Waals surface area contributed by atoms with Gasteiger partial charge in [-0.05, 0) is 48.7 Å². The van der Waals surface area contributed by atoms with Gasteiger partial charge in [-0.1, -0.05) is 57.9 Å². The van der Waals surface area contributed by atoms with Crippen molar-refractivity contribution >= 4 is 32.9 Å². The molecule has 0 aliphatic carbocycles. The molecule has 5 rings (SSSR count). The molecule has 4 aromatic rings. The lowest BCUT2D eigenvalue weighted by Crippen LogP contribution is -2.49. The second-order valence-corrected chi connectivity index (χ2v) is 9.87. The van der Waals surface area contributed by atoms with Gasteiger partial charge in [-0.25, -0.2) is 9.67 Å². The number of amides is 1. The second kappa shape index (κ2) is 9.68. The highest BCUT2D eigenvalue weighted by Gasteiger charge is 2.23. The van der Waals surface area contributed by atoms with Crippen LogP contribution in [-0.2, 0) is 17.9 Å². The van der Waals surface area contributed by atoms with Crippen LogP contribution in [0.4, 0.5) is 0 Å². The molecular weight excluding hydrogens is 490 g/mol. The van der Waals surface area contributed by atoms with Crippen molar-refractivity contribution in [2.75, 3.05) is 26.2 Å². The van der Waals surface area contributed by atoms with E-state index < -0.39 is 0 Å². The summed E-state index contributed by atoms with van der Waals surface area (Å²) in [6.07, 6.45) is 1.81. The van der Waals surface area contributed by atoms with Crippen LogP contribution < -0.4 is 0 Å². The fourth-order valence-electron chi connectivity index (χ4n) is 4.64. The van der Waals surface area contributed by atoms with Gasteiger partial charge in [-0.15, -0.1) is 0 Å². The number of halogens is 1. The van der Waals surface area contributed by atoms with Gasteiger partial charge in [0, 0.05) is 48.8 Å². The summed E-state index contributed by atoms with van der Waals surface area (Å²) >= 11 is 3.54. The fraction of sp³-hybridized carbons (Fsp3) is 0.296. The van der Waals surface area contributed by atoms with Crippen molar-refractivity contribution < 1.29 is 4.79 Å². The third kappa shape index (κ3) is 4.76. The van der Waals surface area contributed by atoms with Crippen LogP contribution >= 0.6 is 15.9 Å². The highest BCUT2D eigenvalue weighted by atomic mass is 79.9. The molecule has 0 N–H and O–H groups in total. The topological polar surface area (TPSA) is 54.3 Å². The summed E-state index contributed by atoms with van der Waals surface area (Å²) in [4.78, 5) is 22.1. The van der Waals surface area contributed by atoms with E-state index in [4.69, 9.17) is 5.10 Å². The number of rotatable bonds is 5. The van der Waals surface area contributed by atoms with Crippen molar-refractivity contribution in [3.63, 3.8) is 0 Å². The predicted molar refractivity (Wildman–Crippen MR) is 138 cm³/mol. The largest absolute Gasteiger partial charge is 0.339 e. The monoisotopic (exact) mass is 517 g/mol. The van der Waals surface area contributed by atoms with Crippen LogP contribution in [0.3, 0.4) is 0 Å². The van der Waals surface area contributed by atoms with E-state index in [1.807, 2.05) is 24.0 Å². The van der Waals surface area contributed by atoms with Gasteiger partial charge in [0.2, 0.25) is 5.91 Å². The molecule has 0 bridgehead atoms. The molecule has 0 radical (unpaired) electrons. The van der Waals surface area contributed by atoms with E-state index in [0.29, 0.717) is 0 Å². The number of hydrogen-bond acceptors (Lipinski definition) is 4. The number of carbonyl (C=O) groups excluding carboxylic acids is 1. The summed E-state index contributed by atoms with van der Waals surface area (Å²) < 4.78 is 2.86. The number of benzene rings is 2. The van der Waals surface area contributed by atoms with Gasteiger partial charge in [0.05, 0.1) is 5.69 Å². The number of nitrogens with zero attached hydrogens (tertiary/aromatic N) is 5. The van der Waals surface area contributed by atoms with Crippen LogP contribution in [-0.4, -0.2) is 56.7 Å². The van der Waals surface area contributed by atoms with Crippen LogP contribution in [0.25, 0.3) is 22.2 Å². The maximum absolute atomic E-state index is 13.1. The average Bonchev–Trinajstić information content (AvgIpc) is 3.15. The van der Waals surface area contributed by atoms with Crippen molar-refractivity contribution in [2.45, 2.75) is 26.9 Å². The Bertz CT molecular complexity index is 1320. The molecule has 0 unspecified atom stereocenters. The first-order valence-corrected chi connectivity index (χ1v) is 12.4. The summed E-state index contributed by atoms with van der Waals surface area (Å²) in [7, 11) is 0. The molecule has 0 spiro atoms. The standard InChI is InChI=1S/C27H28BrN5O/c1-19-6-8-22(9-7-19)24-10-11-29-27-26(24)20(2)30-33(27)18-25(34)32-14-12-31(13-15-32)17-21-4-3-5-23(28)16-21/h3-11,16H,12-15,17-18H2,1-2H3. The van der Waals surface area contributed by atoms with E-state index in [0.717, 1.165) is 65.1 Å². The minimum absolute atomic E-state index is 0.0917. The number of carbonyl (C=O) groups is 1. The highest BCUT2D eigenvalue weighted by molar-refractivity contribution is 9.10. The third-order valence-corrected chi connectivity index (χ3v) is 6.97. The van der Waals surface area contributed by atoms with E-state index in [1.54, 1.807) is 10.9 Å². The van der Waals surface area contributed by atoms with Gasteiger partial charge in [-0.2, -0.15) is 5.10 Å². The smallest absolute Gasteiger partial charge is 0.244 e. The van der Waals surface area contributed by atoms with Crippen LogP contribution in [0.5, 0.6) is 0 Å². The molecule has 3 heterocycles. The molecule has 1 aliphatic rings. The SMILES string of the molecule is Cc1ccc(-c2ccnc3c2c(C)nn3CC(=O)N2CCN(Cc3cccc(Br)c3)CC2)cc1. The predicted octanol–water partition coefficient (Wildman–Crippen LogP) is 4.82. The van der Waals surface area contributed by atoms with Crippen LogP contribution in [0, 0.1) is 13.8 Å². The molecule has 2 aromatic heterocycles. The molecular formula is C27H28BrN5O. The molecule has 1 amide bonds. The van der Waals surface area contributed by atoms with E-state index >= 15 is 0 Å². The van der Waals surface area contributed by atoms with Gasteiger partial charge < -0.3 is 4.90 Å². The molecule has 2 aromatic carbocycles. The number of hydrogen-bond donors (Lipinski definition) is 0. The highest BCUT2D eigenvalue weighted by Crippen LogP contribution is 2.30.